The third kappa shape index (κ3) is 3.66. The maximum atomic E-state index is 12.9. The summed E-state index contributed by atoms with van der Waals surface area (Å²) in [5, 5.41) is 4.14. The Morgan fingerprint density at radius 2 is 2.00 bits per heavy atom. The summed E-state index contributed by atoms with van der Waals surface area (Å²) in [6, 6.07) is 8.96. The first-order chi connectivity index (χ1) is 13.6. The van der Waals surface area contributed by atoms with Crippen molar-refractivity contribution >= 4 is 11.4 Å². The lowest BCUT2D eigenvalue weighted by atomic mass is 10.1. The molecular weight excluding hydrogens is 358 g/mol. The van der Waals surface area contributed by atoms with Crippen LogP contribution in [0.4, 0.5) is 0 Å². The van der Waals surface area contributed by atoms with Crippen LogP contribution in [-0.2, 0) is 6.42 Å². The number of ketones is 1. The predicted molar refractivity (Wildman–Crippen MR) is 101 cm³/mol. The van der Waals surface area contributed by atoms with Crippen LogP contribution in [0.15, 0.2) is 55.2 Å². The summed E-state index contributed by atoms with van der Waals surface area (Å²) < 4.78 is 12.5. The molecule has 0 spiro atoms. The summed E-state index contributed by atoms with van der Waals surface area (Å²) in [6.45, 7) is 1.89. The Kier molecular flexibility index (Phi) is 4.67. The lowest BCUT2D eigenvalue weighted by Gasteiger charge is -2.09. The molecule has 0 saturated heterocycles. The first kappa shape index (κ1) is 17.6. The highest BCUT2D eigenvalue weighted by molar-refractivity contribution is 6.02. The minimum atomic E-state index is -0.120. The smallest absolute Gasteiger partial charge is 0.172 e. The molecule has 0 saturated carbocycles. The minimum absolute atomic E-state index is 0.120. The molecule has 8 nitrogen and oxygen atoms in total. The second-order valence-corrected chi connectivity index (χ2v) is 6.15. The Morgan fingerprint density at radius 1 is 1.14 bits per heavy atom. The maximum absolute atomic E-state index is 12.9. The van der Waals surface area contributed by atoms with Crippen molar-refractivity contribution in [2.75, 3.05) is 7.11 Å². The molecule has 28 heavy (non-hydrogen) atoms. The largest absolute Gasteiger partial charge is 0.495 e. The van der Waals surface area contributed by atoms with Gasteiger partial charge in [0.15, 0.2) is 11.4 Å². The highest BCUT2D eigenvalue weighted by Gasteiger charge is 2.16. The van der Waals surface area contributed by atoms with Crippen molar-refractivity contribution in [1.82, 2.24) is 24.6 Å². The van der Waals surface area contributed by atoms with Gasteiger partial charge in [-0.15, -0.1) is 0 Å². The van der Waals surface area contributed by atoms with E-state index in [0.717, 1.165) is 5.69 Å². The first-order valence-electron chi connectivity index (χ1n) is 8.58. The first-order valence-corrected chi connectivity index (χ1v) is 8.58. The fraction of sp³-hybridized carbons (Fsp3) is 0.150. The second kappa shape index (κ2) is 7.43. The molecule has 0 fully saturated rings. The summed E-state index contributed by atoms with van der Waals surface area (Å²) in [6.07, 6.45) is 6.36. The molecule has 0 radical (unpaired) electrons. The monoisotopic (exact) mass is 375 g/mol. The third-order valence-corrected chi connectivity index (χ3v) is 4.10. The molecule has 0 atom stereocenters. The number of hydrogen-bond acceptors (Lipinski definition) is 7. The molecule has 4 rings (SSSR count). The zero-order chi connectivity index (χ0) is 19.5. The molecule has 0 aromatic carbocycles. The van der Waals surface area contributed by atoms with Gasteiger partial charge in [-0.05, 0) is 25.1 Å². The van der Waals surface area contributed by atoms with Crippen LogP contribution in [0, 0.1) is 6.92 Å². The molecule has 0 aliphatic carbocycles. The van der Waals surface area contributed by atoms with Gasteiger partial charge in [-0.3, -0.25) is 14.8 Å². The number of pyridine rings is 3. The molecule has 0 unspecified atom stereocenters. The predicted octanol–water partition coefficient (Wildman–Crippen LogP) is 3.05. The van der Waals surface area contributed by atoms with Crippen molar-refractivity contribution < 1.29 is 14.3 Å². The van der Waals surface area contributed by atoms with Gasteiger partial charge in [0.25, 0.3) is 0 Å². The van der Waals surface area contributed by atoms with Crippen molar-refractivity contribution in [1.29, 1.82) is 0 Å². The van der Waals surface area contributed by atoms with E-state index in [1.807, 2.05) is 25.1 Å². The summed E-state index contributed by atoms with van der Waals surface area (Å²) in [5.41, 5.74) is 2.44. The number of hydrogen-bond donors (Lipinski definition) is 0. The summed E-state index contributed by atoms with van der Waals surface area (Å²) in [7, 11) is 1.55. The molecule has 0 aliphatic rings. The number of carbonyl (C=O) groups is 1. The van der Waals surface area contributed by atoms with E-state index in [1.54, 1.807) is 37.8 Å². The molecule has 0 bridgehead atoms. The van der Waals surface area contributed by atoms with Gasteiger partial charge < -0.3 is 9.47 Å². The number of aromatic nitrogens is 5. The van der Waals surface area contributed by atoms with Crippen LogP contribution in [0.3, 0.4) is 0 Å². The molecular formula is C20H17N5O3. The normalized spacial score (nSPS) is 10.8. The van der Waals surface area contributed by atoms with Crippen LogP contribution in [-0.4, -0.2) is 37.5 Å². The highest BCUT2D eigenvalue weighted by atomic mass is 16.5. The van der Waals surface area contributed by atoms with Gasteiger partial charge in [0, 0.05) is 17.5 Å². The topological polar surface area (TPSA) is 91.5 Å². The number of rotatable bonds is 6. The maximum Gasteiger partial charge on any atom is 0.172 e. The Hall–Kier alpha value is -3.81. The van der Waals surface area contributed by atoms with E-state index in [2.05, 4.69) is 20.1 Å². The van der Waals surface area contributed by atoms with Gasteiger partial charge >= 0.3 is 0 Å². The number of carbonyl (C=O) groups excluding carboxylic acids is 1. The summed E-state index contributed by atoms with van der Waals surface area (Å²) >= 11 is 0. The van der Waals surface area contributed by atoms with E-state index < -0.39 is 0 Å². The van der Waals surface area contributed by atoms with Crippen molar-refractivity contribution in [2.45, 2.75) is 13.3 Å². The van der Waals surface area contributed by atoms with Crippen molar-refractivity contribution in [3.05, 3.63) is 72.2 Å². The number of fused-ring (bicyclic) bond motifs is 1. The van der Waals surface area contributed by atoms with Crippen LogP contribution >= 0.6 is 0 Å². The van der Waals surface area contributed by atoms with Crippen LogP contribution in [0.5, 0.6) is 17.2 Å². The van der Waals surface area contributed by atoms with E-state index in [0.29, 0.717) is 34.2 Å². The molecule has 4 aromatic heterocycles. The fourth-order valence-corrected chi connectivity index (χ4v) is 2.82. The molecule has 0 aliphatic heterocycles. The summed E-state index contributed by atoms with van der Waals surface area (Å²) in [5.74, 6) is 1.37. The Morgan fingerprint density at radius 3 is 2.82 bits per heavy atom. The van der Waals surface area contributed by atoms with Crippen LogP contribution < -0.4 is 9.47 Å². The van der Waals surface area contributed by atoms with Crippen molar-refractivity contribution in [3.8, 4) is 17.2 Å². The van der Waals surface area contributed by atoms with Crippen LogP contribution in [0.2, 0.25) is 0 Å². The number of nitrogens with zero attached hydrogens (tertiary/aromatic N) is 5. The van der Waals surface area contributed by atoms with E-state index in [4.69, 9.17) is 9.47 Å². The van der Waals surface area contributed by atoms with Crippen molar-refractivity contribution in [2.24, 2.45) is 0 Å². The number of aryl methyl sites for hydroxylation is 1. The van der Waals surface area contributed by atoms with E-state index >= 15 is 0 Å². The SMILES string of the molecule is COc1cncc(Oc2cc(C(=O)Cc3cccc(C)n3)c3ncnn3c2)c1. The van der Waals surface area contributed by atoms with E-state index in [-0.39, 0.29) is 12.2 Å². The molecule has 4 heterocycles. The molecule has 0 amide bonds. The zero-order valence-electron chi connectivity index (χ0n) is 15.4. The van der Waals surface area contributed by atoms with E-state index in [9.17, 15) is 4.79 Å². The Balaban J connectivity index is 1.67. The Bertz CT molecular complexity index is 1160. The Labute approximate surface area is 160 Å². The highest BCUT2D eigenvalue weighted by Crippen LogP contribution is 2.26. The van der Waals surface area contributed by atoms with Crippen LogP contribution in [0.1, 0.15) is 21.7 Å². The standard InChI is InChI=1S/C20H17N5O3/c1-13-4-3-5-14(24-13)6-19(26)18-8-17(11-25-20(18)22-12-23-25)28-16-7-15(27-2)9-21-10-16/h3-5,7-12H,6H2,1-2H3. The van der Waals surface area contributed by atoms with Gasteiger partial charge in [-0.1, -0.05) is 6.07 Å². The molecule has 4 aromatic rings. The fourth-order valence-electron chi connectivity index (χ4n) is 2.82. The average molecular weight is 375 g/mol. The third-order valence-electron chi connectivity index (χ3n) is 4.10. The van der Waals surface area contributed by atoms with Gasteiger partial charge in [0.05, 0.1) is 37.7 Å². The number of ether oxygens (including phenoxy) is 2. The second-order valence-electron chi connectivity index (χ2n) is 6.15. The van der Waals surface area contributed by atoms with Gasteiger partial charge in [0.1, 0.15) is 23.6 Å². The quantitative estimate of drug-likeness (QED) is 0.478. The molecule has 140 valence electrons. The lowest BCUT2D eigenvalue weighted by Crippen LogP contribution is -2.08. The lowest BCUT2D eigenvalue weighted by molar-refractivity contribution is 0.0992. The zero-order valence-corrected chi connectivity index (χ0v) is 15.4. The summed E-state index contributed by atoms with van der Waals surface area (Å²) in [4.78, 5) is 25.6. The van der Waals surface area contributed by atoms with E-state index in [1.165, 1.54) is 10.8 Å². The van der Waals surface area contributed by atoms with Gasteiger partial charge in [-0.2, -0.15) is 5.10 Å². The molecule has 0 N–H and O–H groups in total. The van der Waals surface area contributed by atoms with Crippen molar-refractivity contribution in [3.63, 3.8) is 0 Å². The number of methoxy groups -OCH3 is 1. The minimum Gasteiger partial charge on any atom is -0.495 e. The molecule has 8 heteroatoms. The van der Waals surface area contributed by atoms with Gasteiger partial charge in [0.2, 0.25) is 0 Å². The van der Waals surface area contributed by atoms with Crippen LogP contribution in [0.25, 0.3) is 5.65 Å². The number of Topliss-reactive ketones (excluding diaryl/α,β-unsaturated/α-hetero) is 1. The van der Waals surface area contributed by atoms with Gasteiger partial charge in [-0.25, -0.2) is 9.50 Å². The average Bonchev–Trinajstić information content (AvgIpc) is 3.16.